The maximum absolute atomic E-state index is 12.6. The zero-order valence-electron chi connectivity index (χ0n) is 18.4. The van der Waals surface area contributed by atoms with E-state index in [1.807, 2.05) is 49.6 Å². The first kappa shape index (κ1) is 23.4. The van der Waals surface area contributed by atoms with Crippen LogP contribution in [0.4, 0.5) is 5.95 Å². The van der Waals surface area contributed by atoms with Gasteiger partial charge in [0.2, 0.25) is 17.8 Å². The molecule has 1 saturated heterocycles. The van der Waals surface area contributed by atoms with E-state index in [9.17, 15) is 9.59 Å². The summed E-state index contributed by atoms with van der Waals surface area (Å²) in [6.07, 6.45) is 2.23. The first-order chi connectivity index (χ1) is 14.6. The summed E-state index contributed by atoms with van der Waals surface area (Å²) in [5.41, 5.74) is 0.516. The molecule has 2 amide bonds. The first-order valence-electron chi connectivity index (χ1n) is 10.3. The fourth-order valence-corrected chi connectivity index (χ4v) is 4.39. The lowest BCUT2D eigenvalue weighted by Gasteiger charge is -2.23. The van der Waals surface area contributed by atoms with Crippen molar-refractivity contribution in [2.45, 2.75) is 44.3 Å². The predicted molar refractivity (Wildman–Crippen MR) is 124 cm³/mol. The Morgan fingerprint density at radius 1 is 1.23 bits per heavy atom. The van der Waals surface area contributed by atoms with Gasteiger partial charge in [0.1, 0.15) is 0 Å². The van der Waals surface area contributed by atoms with Crippen LogP contribution >= 0.6 is 23.4 Å². The molecule has 2 aromatic rings. The molecule has 0 bridgehead atoms. The number of halogens is 1. The van der Waals surface area contributed by atoms with Gasteiger partial charge in [0.25, 0.3) is 0 Å². The Morgan fingerprint density at radius 2 is 1.94 bits per heavy atom. The summed E-state index contributed by atoms with van der Waals surface area (Å²) in [6.45, 7) is 7.58. The number of nitrogens with one attached hydrogen (secondary N) is 1. The summed E-state index contributed by atoms with van der Waals surface area (Å²) < 4.78 is 1.95. The molecular weight excluding hydrogens is 436 g/mol. The minimum absolute atomic E-state index is 0.0106. The molecule has 0 atom stereocenters. The second kappa shape index (κ2) is 9.91. The van der Waals surface area contributed by atoms with Gasteiger partial charge in [0.15, 0.2) is 5.16 Å². The van der Waals surface area contributed by atoms with Crippen LogP contribution < -0.4 is 10.2 Å². The van der Waals surface area contributed by atoms with Crippen LogP contribution in [0.2, 0.25) is 5.02 Å². The minimum atomic E-state index is -0.338. The van der Waals surface area contributed by atoms with Gasteiger partial charge < -0.3 is 15.1 Å². The maximum Gasteiger partial charge on any atom is 0.240 e. The van der Waals surface area contributed by atoms with E-state index in [0.717, 1.165) is 37.6 Å². The van der Waals surface area contributed by atoms with Gasteiger partial charge in [-0.2, -0.15) is 0 Å². The number of amides is 2. The van der Waals surface area contributed by atoms with E-state index in [0.29, 0.717) is 10.2 Å². The van der Waals surface area contributed by atoms with Crippen molar-refractivity contribution in [1.29, 1.82) is 0 Å². The molecule has 31 heavy (non-hydrogen) atoms. The van der Waals surface area contributed by atoms with Crippen molar-refractivity contribution in [3.63, 3.8) is 0 Å². The first-order valence-corrected chi connectivity index (χ1v) is 11.6. The molecule has 1 aromatic heterocycles. The fraction of sp³-hybridized carbons (Fsp3) is 0.524. The largest absolute Gasteiger partial charge is 0.350 e. The molecule has 8 nitrogen and oxygen atoms in total. The number of rotatable bonds is 7. The Bertz CT molecular complexity index is 936. The number of likely N-dealkylation sites (N-methyl/N-ethyl adjacent to an activating group) is 1. The van der Waals surface area contributed by atoms with E-state index >= 15 is 0 Å². The zero-order valence-corrected chi connectivity index (χ0v) is 20.0. The standard InChI is InChI=1S/C21H29ClN6O2S/c1-21(2,3)23-17(29)13-26(4)18(30)14-31-20-25-24-19(27-10-5-6-11-27)28(20)16-9-7-8-15(22)12-16/h7-9,12H,5-6,10-11,13-14H2,1-4H3,(H,23,29). The van der Waals surface area contributed by atoms with Gasteiger partial charge in [0.05, 0.1) is 18.0 Å². The van der Waals surface area contributed by atoms with Crippen LogP contribution in [0, 0.1) is 0 Å². The van der Waals surface area contributed by atoms with Crippen molar-refractivity contribution < 1.29 is 9.59 Å². The molecular formula is C21H29ClN6O2S. The van der Waals surface area contributed by atoms with Crippen LogP contribution in [0.15, 0.2) is 29.4 Å². The Balaban J connectivity index is 1.72. The Hall–Kier alpha value is -2.26. The molecule has 1 aliphatic heterocycles. The molecule has 3 rings (SSSR count). The van der Waals surface area contributed by atoms with Crippen LogP contribution in [0.3, 0.4) is 0 Å². The van der Waals surface area contributed by atoms with Crippen molar-refractivity contribution >= 4 is 41.1 Å². The van der Waals surface area contributed by atoms with Gasteiger partial charge in [-0.05, 0) is 51.8 Å². The molecule has 2 heterocycles. The number of carbonyl (C=O) groups excluding carboxylic acids is 2. The van der Waals surface area contributed by atoms with Crippen LogP contribution in [-0.2, 0) is 9.59 Å². The van der Waals surface area contributed by atoms with Crippen molar-refractivity contribution in [3.05, 3.63) is 29.3 Å². The molecule has 0 unspecified atom stereocenters. The molecule has 168 valence electrons. The molecule has 0 saturated carbocycles. The number of hydrogen-bond acceptors (Lipinski definition) is 6. The summed E-state index contributed by atoms with van der Waals surface area (Å²) in [7, 11) is 1.63. The van der Waals surface area contributed by atoms with Crippen LogP contribution in [0.5, 0.6) is 0 Å². The molecule has 1 aromatic carbocycles. The van der Waals surface area contributed by atoms with Gasteiger partial charge in [-0.25, -0.2) is 0 Å². The van der Waals surface area contributed by atoms with Crippen molar-refractivity contribution in [3.8, 4) is 5.69 Å². The highest BCUT2D eigenvalue weighted by atomic mass is 35.5. The number of aromatic nitrogens is 3. The van der Waals surface area contributed by atoms with E-state index in [-0.39, 0.29) is 29.7 Å². The van der Waals surface area contributed by atoms with Crippen molar-refractivity contribution in [2.24, 2.45) is 0 Å². The van der Waals surface area contributed by atoms with E-state index in [4.69, 9.17) is 11.6 Å². The number of carbonyl (C=O) groups is 2. The normalized spacial score (nSPS) is 14.0. The van der Waals surface area contributed by atoms with Crippen LogP contribution in [0.25, 0.3) is 5.69 Å². The molecule has 1 aliphatic rings. The summed E-state index contributed by atoms with van der Waals surface area (Å²) in [5, 5.41) is 12.9. The van der Waals surface area contributed by atoms with E-state index in [1.54, 1.807) is 7.05 Å². The second-order valence-electron chi connectivity index (χ2n) is 8.63. The molecule has 1 N–H and O–H groups in total. The summed E-state index contributed by atoms with van der Waals surface area (Å²) in [4.78, 5) is 28.4. The predicted octanol–water partition coefficient (Wildman–Crippen LogP) is 2.99. The smallest absolute Gasteiger partial charge is 0.240 e. The summed E-state index contributed by atoms with van der Waals surface area (Å²) in [6, 6.07) is 7.51. The quantitative estimate of drug-likeness (QED) is 0.634. The van der Waals surface area contributed by atoms with E-state index in [1.165, 1.54) is 16.7 Å². The van der Waals surface area contributed by atoms with Gasteiger partial charge in [-0.1, -0.05) is 29.4 Å². The molecule has 10 heteroatoms. The van der Waals surface area contributed by atoms with Crippen LogP contribution in [-0.4, -0.2) is 69.5 Å². The van der Waals surface area contributed by atoms with Crippen molar-refractivity contribution in [2.75, 3.05) is 37.3 Å². The highest BCUT2D eigenvalue weighted by Crippen LogP contribution is 2.29. The lowest BCUT2D eigenvalue weighted by atomic mass is 10.1. The van der Waals surface area contributed by atoms with Gasteiger partial charge in [0, 0.05) is 30.7 Å². The fourth-order valence-electron chi connectivity index (χ4n) is 3.32. The third kappa shape index (κ3) is 6.36. The maximum atomic E-state index is 12.6. The van der Waals surface area contributed by atoms with E-state index in [2.05, 4.69) is 20.4 Å². The SMILES string of the molecule is CN(CC(=O)NC(C)(C)C)C(=O)CSc1nnc(N2CCCC2)n1-c1cccc(Cl)c1. The molecule has 0 radical (unpaired) electrons. The monoisotopic (exact) mass is 464 g/mol. The summed E-state index contributed by atoms with van der Waals surface area (Å²) in [5.74, 6) is 0.565. The third-order valence-corrected chi connectivity index (χ3v) is 5.87. The third-order valence-electron chi connectivity index (χ3n) is 4.72. The topological polar surface area (TPSA) is 83.4 Å². The highest BCUT2D eigenvalue weighted by Gasteiger charge is 2.24. The van der Waals surface area contributed by atoms with Gasteiger partial charge in [-0.3, -0.25) is 14.2 Å². The molecule has 0 spiro atoms. The second-order valence-corrected chi connectivity index (χ2v) is 10.0. The van der Waals surface area contributed by atoms with E-state index < -0.39 is 0 Å². The number of hydrogen-bond donors (Lipinski definition) is 1. The van der Waals surface area contributed by atoms with Crippen molar-refractivity contribution in [1.82, 2.24) is 25.0 Å². The number of benzene rings is 1. The lowest BCUT2D eigenvalue weighted by Crippen LogP contribution is -2.46. The number of anilines is 1. The minimum Gasteiger partial charge on any atom is -0.350 e. The lowest BCUT2D eigenvalue weighted by molar-refractivity contribution is -0.133. The van der Waals surface area contributed by atoms with Gasteiger partial charge in [-0.15, -0.1) is 10.2 Å². The molecule has 0 aliphatic carbocycles. The molecule has 1 fully saturated rings. The Labute approximate surface area is 192 Å². The Morgan fingerprint density at radius 3 is 2.58 bits per heavy atom. The Kier molecular flexibility index (Phi) is 7.48. The average Bonchev–Trinajstić information content (AvgIpc) is 3.33. The number of thioether (sulfide) groups is 1. The summed E-state index contributed by atoms with van der Waals surface area (Å²) >= 11 is 7.52. The zero-order chi connectivity index (χ0) is 22.6. The van der Waals surface area contributed by atoms with Gasteiger partial charge >= 0.3 is 0 Å². The number of nitrogens with zero attached hydrogens (tertiary/aromatic N) is 5. The van der Waals surface area contributed by atoms with Crippen LogP contribution in [0.1, 0.15) is 33.6 Å². The highest BCUT2D eigenvalue weighted by molar-refractivity contribution is 7.99. The average molecular weight is 465 g/mol.